The van der Waals surface area contributed by atoms with Crippen LogP contribution in [0.3, 0.4) is 0 Å². The summed E-state index contributed by atoms with van der Waals surface area (Å²) < 4.78 is 19.6. The molecule has 0 unspecified atom stereocenters. The molecule has 0 aliphatic rings. The number of aromatic nitrogens is 1. The molecule has 2 aromatic carbocycles. The number of benzene rings is 2. The molecule has 1 aromatic heterocycles. The highest BCUT2D eigenvalue weighted by atomic mass is 79.9. The van der Waals surface area contributed by atoms with Gasteiger partial charge in [0, 0.05) is 17.6 Å². The van der Waals surface area contributed by atoms with E-state index in [1.54, 1.807) is 12.3 Å². The van der Waals surface area contributed by atoms with Gasteiger partial charge in [-0.05, 0) is 34.1 Å². The molecule has 0 radical (unpaired) electrons. The molecule has 3 aromatic rings. The van der Waals surface area contributed by atoms with Gasteiger partial charge in [-0.2, -0.15) is 0 Å². The Kier molecular flexibility index (Phi) is 3.28. The maximum absolute atomic E-state index is 13.6. The maximum Gasteiger partial charge on any atom is 0.153 e. The van der Waals surface area contributed by atoms with E-state index in [1.807, 2.05) is 24.3 Å². The summed E-state index contributed by atoms with van der Waals surface area (Å²) in [5, 5.41) is 0.946. The first-order valence-corrected chi connectivity index (χ1v) is 6.70. The summed E-state index contributed by atoms with van der Waals surface area (Å²) in [6.07, 6.45) is 1.68. The van der Waals surface area contributed by atoms with E-state index in [9.17, 15) is 4.39 Å². The smallest absolute Gasteiger partial charge is 0.153 e. The van der Waals surface area contributed by atoms with Crippen LogP contribution >= 0.6 is 15.9 Å². The Bertz CT molecular complexity index is 787. The van der Waals surface area contributed by atoms with Gasteiger partial charge in [-0.25, -0.2) is 4.39 Å². The van der Waals surface area contributed by atoms with Crippen molar-refractivity contribution in [3.63, 3.8) is 0 Å². The Morgan fingerprint density at radius 2 is 1.90 bits per heavy atom. The van der Waals surface area contributed by atoms with Crippen molar-refractivity contribution in [1.82, 2.24) is 4.98 Å². The number of nitrogens with two attached hydrogens (primary N) is 1. The van der Waals surface area contributed by atoms with Crippen LogP contribution in [-0.2, 0) is 0 Å². The topological polar surface area (TPSA) is 48.1 Å². The van der Waals surface area contributed by atoms with Crippen molar-refractivity contribution in [2.45, 2.75) is 0 Å². The monoisotopic (exact) mass is 332 g/mol. The van der Waals surface area contributed by atoms with Gasteiger partial charge in [-0.15, -0.1) is 0 Å². The molecule has 0 aliphatic carbocycles. The van der Waals surface area contributed by atoms with Crippen LogP contribution < -0.4 is 10.5 Å². The number of fused-ring (bicyclic) bond motifs is 1. The molecular weight excluding hydrogens is 323 g/mol. The molecule has 3 nitrogen and oxygen atoms in total. The first-order valence-electron chi connectivity index (χ1n) is 5.91. The highest BCUT2D eigenvalue weighted by Crippen LogP contribution is 2.34. The molecule has 1 heterocycles. The number of halogens is 2. The van der Waals surface area contributed by atoms with Crippen LogP contribution in [0.2, 0.25) is 0 Å². The molecule has 2 N–H and O–H groups in total. The Hall–Kier alpha value is -2.14. The van der Waals surface area contributed by atoms with Crippen molar-refractivity contribution in [2.24, 2.45) is 0 Å². The van der Waals surface area contributed by atoms with E-state index in [1.165, 1.54) is 12.1 Å². The standard InChI is InChI=1S/C15H10BrFN2O/c16-10-7-12(18)14(8-11(10)17)20-13-5-1-3-9-4-2-6-19-15(9)13/h1-8H,18H2. The fourth-order valence-electron chi connectivity index (χ4n) is 1.91. The van der Waals surface area contributed by atoms with Crippen LogP contribution in [-0.4, -0.2) is 4.98 Å². The van der Waals surface area contributed by atoms with Crippen molar-refractivity contribution >= 4 is 32.5 Å². The third-order valence-corrected chi connectivity index (χ3v) is 3.48. The summed E-state index contributed by atoms with van der Waals surface area (Å²) in [5.41, 5.74) is 6.90. The molecular formula is C15H10BrFN2O. The Balaban J connectivity index is 2.08. The first kappa shape index (κ1) is 12.9. The second-order valence-corrected chi connectivity index (χ2v) is 5.09. The molecule has 0 fully saturated rings. The lowest BCUT2D eigenvalue weighted by atomic mass is 10.2. The molecule has 0 amide bonds. The molecule has 0 saturated carbocycles. The molecule has 3 rings (SSSR count). The molecule has 0 aliphatic heterocycles. The summed E-state index contributed by atoms with van der Waals surface area (Å²) in [4.78, 5) is 4.28. The number of hydrogen-bond acceptors (Lipinski definition) is 3. The average Bonchev–Trinajstić information content (AvgIpc) is 2.45. The van der Waals surface area contributed by atoms with Gasteiger partial charge in [-0.3, -0.25) is 4.98 Å². The average molecular weight is 333 g/mol. The fraction of sp³-hybridized carbons (Fsp3) is 0. The summed E-state index contributed by atoms with van der Waals surface area (Å²) >= 11 is 3.08. The predicted octanol–water partition coefficient (Wildman–Crippen LogP) is 4.51. The molecule has 0 bridgehead atoms. The van der Waals surface area contributed by atoms with E-state index in [2.05, 4.69) is 20.9 Å². The quantitative estimate of drug-likeness (QED) is 0.702. The number of rotatable bonds is 2. The zero-order valence-corrected chi connectivity index (χ0v) is 11.9. The zero-order chi connectivity index (χ0) is 14.1. The van der Waals surface area contributed by atoms with Gasteiger partial charge in [0.05, 0.1) is 10.2 Å². The van der Waals surface area contributed by atoms with Crippen LogP contribution in [0.1, 0.15) is 0 Å². The second kappa shape index (κ2) is 5.09. The third kappa shape index (κ3) is 2.32. The number of nitrogens with zero attached hydrogens (tertiary/aromatic N) is 1. The summed E-state index contributed by atoms with van der Waals surface area (Å²) in [7, 11) is 0. The normalized spacial score (nSPS) is 10.7. The molecule has 5 heteroatoms. The lowest BCUT2D eigenvalue weighted by molar-refractivity contribution is 0.483. The third-order valence-electron chi connectivity index (χ3n) is 2.87. The number of pyridine rings is 1. The van der Waals surface area contributed by atoms with E-state index in [4.69, 9.17) is 10.5 Å². The highest BCUT2D eigenvalue weighted by Gasteiger charge is 2.10. The Morgan fingerprint density at radius 1 is 1.10 bits per heavy atom. The lowest BCUT2D eigenvalue weighted by Crippen LogP contribution is -1.95. The Labute approximate surface area is 123 Å². The minimum atomic E-state index is -0.428. The van der Waals surface area contributed by atoms with Gasteiger partial charge < -0.3 is 10.5 Å². The van der Waals surface area contributed by atoms with Gasteiger partial charge >= 0.3 is 0 Å². The Morgan fingerprint density at radius 3 is 2.75 bits per heavy atom. The van der Waals surface area contributed by atoms with Crippen LogP contribution in [0.4, 0.5) is 10.1 Å². The number of hydrogen-bond donors (Lipinski definition) is 1. The zero-order valence-electron chi connectivity index (χ0n) is 10.3. The SMILES string of the molecule is Nc1cc(Br)c(F)cc1Oc1cccc2cccnc12. The van der Waals surface area contributed by atoms with Gasteiger partial charge in [0.25, 0.3) is 0 Å². The summed E-state index contributed by atoms with van der Waals surface area (Å²) in [5.74, 6) is 0.378. The van der Waals surface area contributed by atoms with Crippen LogP contribution in [0.15, 0.2) is 53.1 Å². The number of ether oxygens (including phenoxy) is 1. The molecule has 0 saturated heterocycles. The lowest BCUT2D eigenvalue weighted by Gasteiger charge is -2.11. The van der Waals surface area contributed by atoms with E-state index in [0.29, 0.717) is 21.4 Å². The van der Waals surface area contributed by atoms with Crippen molar-refractivity contribution in [2.75, 3.05) is 5.73 Å². The van der Waals surface area contributed by atoms with Crippen molar-refractivity contribution in [3.05, 3.63) is 59.0 Å². The minimum Gasteiger partial charge on any atom is -0.453 e. The summed E-state index contributed by atoms with van der Waals surface area (Å²) in [6, 6.07) is 12.1. The van der Waals surface area contributed by atoms with E-state index in [0.717, 1.165) is 5.39 Å². The van der Waals surface area contributed by atoms with Gasteiger partial charge in [0.15, 0.2) is 11.5 Å². The number of anilines is 1. The fourth-order valence-corrected chi connectivity index (χ4v) is 2.27. The van der Waals surface area contributed by atoms with Gasteiger partial charge in [-0.1, -0.05) is 18.2 Å². The summed E-state index contributed by atoms with van der Waals surface area (Å²) in [6.45, 7) is 0. The minimum absolute atomic E-state index is 0.267. The molecule has 100 valence electrons. The largest absolute Gasteiger partial charge is 0.453 e. The van der Waals surface area contributed by atoms with Crippen molar-refractivity contribution < 1.29 is 9.13 Å². The van der Waals surface area contributed by atoms with Gasteiger partial charge in [0.1, 0.15) is 11.3 Å². The van der Waals surface area contributed by atoms with Crippen LogP contribution in [0, 0.1) is 5.82 Å². The van der Waals surface area contributed by atoms with Crippen LogP contribution in [0.5, 0.6) is 11.5 Å². The van der Waals surface area contributed by atoms with E-state index in [-0.39, 0.29) is 5.75 Å². The number of nitrogen functional groups attached to an aromatic ring is 1. The number of para-hydroxylation sites is 1. The maximum atomic E-state index is 13.6. The first-order chi connectivity index (χ1) is 9.65. The van der Waals surface area contributed by atoms with Crippen molar-refractivity contribution in [1.29, 1.82) is 0 Å². The van der Waals surface area contributed by atoms with E-state index < -0.39 is 5.82 Å². The second-order valence-electron chi connectivity index (χ2n) is 4.24. The highest BCUT2D eigenvalue weighted by molar-refractivity contribution is 9.10. The van der Waals surface area contributed by atoms with Crippen molar-refractivity contribution in [3.8, 4) is 11.5 Å². The van der Waals surface area contributed by atoms with E-state index >= 15 is 0 Å². The predicted molar refractivity (Wildman–Crippen MR) is 80.3 cm³/mol. The molecule has 0 atom stereocenters. The van der Waals surface area contributed by atoms with Crippen LogP contribution in [0.25, 0.3) is 10.9 Å². The molecule has 0 spiro atoms. The van der Waals surface area contributed by atoms with Gasteiger partial charge in [0.2, 0.25) is 0 Å². The molecule has 20 heavy (non-hydrogen) atoms.